The Bertz CT molecular complexity index is 823. The first-order chi connectivity index (χ1) is 12.4. The Hall–Kier alpha value is -2.93. The molecule has 0 radical (unpaired) electrons. The van der Waals surface area contributed by atoms with E-state index < -0.39 is 5.97 Å². The number of amides is 1. The second-order valence-corrected chi connectivity index (χ2v) is 6.07. The van der Waals surface area contributed by atoms with E-state index in [4.69, 9.17) is 22.1 Å². The summed E-state index contributed by atoms with van der Waals surface area (Å²) in [6.07, 6.45) is 0.914. The van der Waals surface area contributed by atoms with Crippen LogP contribution in [0.1, 0.15) is 41.0 Å². The molecule has 0 aromatic heterocycles. The molecular weight excluding hydrogens is 352 g/mol. The highest BCUT2D eigenvalue weighted by Gasteiger charge is 2.11. The first-order valence-corrected chi connectivity index (χ1v) is 8.52. The van der Waals surface area contributed by atoms with E-state index in [-0.39, 0.29) is 22.7 Å². The smallest absolute Gasteiger partial charge is 0.335 e. The number of benzene rings is 2. The van der Waals surface area contributed by atoms with Crippen LogP contribution in [0.3, 0.4) is 0 Å². The molecular formula is C19H20N2O4S. The first kappa shape index (κ1) is 19.4. The van der Waals surface area contributed by atoms with Crippen LogP contribution in [0.15, 0.2) is 48.5 Å². The molecule has 6 nitrogen and oxygen atoms in total. The Morgan fingerprint density at radius 2 is 1.85 bits per heavy atom. The van der Waals surface area contributed by atoms with Crippen molar-refractivity contribution in [1.82, 2.24) is 5.32 Å². The maximum absolute atomic E-state index is 12.3. The van der Waals surface area contributed by atoms with Crippen molar-refractivity contribution in [2.24, 2.45) is 0 Å². The molecule has 2 rings (SSSR count). The molecule has 0 fully saturated rings. The van der Waals surface area contributed by atoms with E-state index in [2.05, 4.69) is 10.6 Å². The van der Waals surface area contributed by atoms with Gasteiger partial charge in [0.25, 0.3) is 5.91 Å². The monoisotopic (exact) mass is 372 g/mol. The highest BCUT2D eigenvalue weighted by molar-refractivity contribution is 7.80. The highest BCUT2D eigenvalue weighted by atomic mass is 32.1. The molecule has 2 aromatic rings. The summed E-state index contributed by atoms with van der Waals surface area (Å²) in [6, 6.07) is 13.0. The van der Waals surface area contributed by atoms with E-state index in [1.807, 2.05) is 13.8 Å². The molecule has 2 aromatic carbocycles. The molecule has 0 spiro atoms. The predicted molar refractivity (Wildman–Crippen MR) is 104 cm³/mol. The lowest BCUT2D eigenvalue weighted by atomic mass is 10.2. The van der Waals surface area contributed by atoms with Crippen LogP contribution in [0, 0.1) is 0 Å². The minimum atomic E-state index is -1.04. The molecule has 26 heavy (non-hydrogen) atoms. The van der Waals surface area contributed by atoms with Crippen molar-refractivity contribution in [2.75, 3.05) is 5.32 Å². The van der Waals surface area contributed by atoms with Gasteiger partial charge in [-0.05, 0) is 62.0 Å². The standard InChI is InChI=1S/C19H20N2O4S/c1-3-12(2)25-16-9-5-6-13(11-16)17(22)21-19(26)20-15-8-4-7-14(10-15)18(23)24/h4-12H,3H2,1-2H3,(H,23,24)(H2,20,21,22,26)/t12-/m0/s1. The summed E-state index contributed by atoms with van der Waals surface area (Å²) < 4.78 is 5.71. The van der Waals surface area contributed by atoms with Gasteiger partial charge in [0.05, 0.1) is 11.7 Å². The van der Waals surface area contributed by atoms with Gasteiger partial charge in [0.15, 0.2) is 5.11 Å². The lowest BCUT2D eigenvalue weighted by Gasteiger charge is -2.14. The summed E-state index contributed by atoms with van der Waals surface area (Å²) in [4.78, 5) is 23.3. The molecule has 3 N–H and O–H groups in total. The van der Waals surface area contributed by atoms with Gasteiger partial charge < -0.3 is 15.2 Å². The van der Waals surface area contributed by atoms with E-state index >= 15 is 0 Å². The molecule has 0 aliphatic rings. The second-order valence-electron chi connectivity index (χ2n) is 5.66. The number of carbonyl (C=O) groups is 2. The fraction of sp³-hybridized carbons (Fsp3) is 0.211. The number of rotatable bonds is 6. The molecule has 0 unspecified atom stereocenters. The Balaban J connectivity index is 2.01. The largest absolute Gasteiger partial charge is 0.491 e. The zero-order valence-corrected chi connectivity index (χ0v) is 15.3. The van der Waals surface area contributed by atoms with Crippen molar-refractivity contribution < 1.29 is 19.4 Å². The van der Waals surface area contributed by atoms with E-state index in [9.17, 15) is 9.59 Å². The van der Waals surface area contributed by atoms with Crippen LogP contribution in [-0.4, -0.2) is 28.2 Å². The van der Waals surface area contributed by atoms with Gasteiger partial charge in [-0.15, -0.1) is 0 Å². The topological polar surface area (TPSA) is 87.7 Å². The number of anilines is 1. The Morgan fingerprint density at radius 1 is 1.15 bits per heavy atom. The van der Waals surface area contributed by atoms with Crippen molar-refractivity contribution in [3.8, 4) is 5.75 Å². The van der Waals surface area contributed by atoms with Crippen LogP contribution in [-0.2, 0) is 0 Å². The summed E-state index contributed by atoms with van der Waals surface area (Å²) in [7, 11) is 0. The number of carboxylic acids is 1. The summed E-state index contributed by atoms with van der Waals surface area (Å²) in [6.45, 7) is 3.97. The summed E-state index contributed by atoms with van der Waals surface area (Å²) >= 11 is 5.12. The number of ether oxygens (including phenoxy) is 1. The van der Waals surface area contributed by atoms with E-state index in [1.54, 1.807) is 36.4 Å². The maximum Gasteiger partial charge on any atom is 0.335 e. The van der Waals surface area contributed by atoms with Crippen molar-refractivity contribution in [1.29, 1.82) is 0 Å². The Kier molecular flexibility index (Phi) is 6.68. The number of carboxylic acid groups (broad SMARTS) is 1. The van der Waals surface area contributed by atoms with Gasteiger partial charge in [-0.2, -0.15) is 0 Å². The van der Waals surface area contributed by atoms with Crippen molar-refractivity contribution in [3.63, 3.8) is 0 Å². The molecule has 0 saturated carbocycles. The fourth-order valence-electron chi connectivity index (χ4n) is 2.09. The summed E-state index contributed by atoms with van der Waals surface area (Å²) in [5.74, 6) is -0.812. The predicted octanol–water partition coefficient (Wildman–Crippen LogP) is 3.69. The third-order valence-corrected chi connectivity index (χ3v) is 3.81. The average molecular weight is 372 g/mol. The van der Waals surface area contributed by atoms with Gasteiger partial charge in [0.2, 0.25) is 0 Å². The second kappa shape index (κ2) is 8.96. The van der Waals surface area contributed by atoms with E-state index in [1.165, 1.54) is 12.1 Å². The van der Waals surface area contributed by atoms with Gasteiger partial charge in [-0.25, -0.2) is 4.79 Å². The normalized spacial score (nSPS) is 11.3. The third-order valence-electron chi connectivity index (χ3n) is 3.60. The van der Waals surface area contributed by atoms with Crippen molar-refractivity contribution >= 4 is 34.9 Å². The number of carbonyl (C=O) groups excluding carboxylic acids is 1. The highest BCUT2D eigenvalue weighted by Crippen LogP contribution is 2.16. The number of thiocarbonyl (C=S) groups is 1. The van der Waals surface area contributed by atoms with Gasteiger partial charge in [-0.1, -0.05) is 19.1 Å². The molecule has 0 saturated heterocycles. The van der Waals surface area contributed by atoms with Crippen LogP contribution in [0.5, 0.6) is 5.75 Å². The molecule has 1 amide bonds. The maximum atomic E-state index is 12.3. The van der Waals surface area contributed by atoms with Crippen molar-refractivity contribution in [2.45, 2.75) is 26.4 Å². The zero-order valence-electron chi connectivity index (χ0n) is 14.5. The van der Waals surface area contributed by atoms with Crippen LogP contribution < -0.4 is 15.4 Å². The number of hydrogen-bond acceptors (Lipinski definition) is 4. The number of aromatic carboxylic acids is 1. The van der Waals surface area contributed by atoms with Crippen LogP contribution >= 0.6 is 12.2 Å². The van der Waals surface area contributed by atoms with Crippen molar-refractivity contribution in [3.05, 3.63) is 59.7 Å². The lowest BCUT2D eigenvalue weighted by Crippen LogP contribution is -2.34. The zero-order chi connectivity index (χ0) is 19.1. The van der Waals surface area contributed by atoms with Gasteiger partial charge in [-0.3, -0.25) is 10.1 Å². The fourth-order valence-corrected chi connectivity index (χ4v) is 2.30. The number of hydrogen-bond donors (Lipinski definition) is 3. The molecule has 136 valence electrons. The van der Waals surface area contributed by atoms with Crippen LogP contribution in [0.25, 0.3) is 0 Å². The minimum Gasteiger partial charge on any atom is -0.491 e. The van der Waals surface area contributed by atoms with E-state index in [0.29, 0.717) is 17.0 Å². The van der Waals surface area contributed by atoms with Crippen LogP contribution in [0.4, 0.5) is 5.69 Å². The Labute approximate surface area is 157 Å². The summed E-state index contributed by atoms with van der Waals surface area (Å²) in [5, 5.41) is 14.4. The number of nitrogens with one attached hydrogen (secondary N) is 2. The van der Waals surface area contributed by atoms with Gasteiger partial charge >= 0.3 is 5.97 Å². The van der Waals surface area contributed by atoms with Crippen LogP contribution in [0.2, 0.25) is 0 Å². The first-order valence-electron chi connectivity index (χ1n) is 8.11. The third kappa shape index (κ3) is 5.56. The Morgan fingerprint density at radius 3 is 2.54 bits per heavy atom. The van der Waals surface area contributed by atoms with Gasteiger partial charge in [0.1, 0.15) is 5.75 Å². The van der Waals surface area contributed by atoms with E-state index in [0.717, 1.165) is 6.42 Å². The van der Waals surface area contributed by atoms with Gasteiger partial charge in [0, 0.05) is 11.3 Å². The summed E-state index contributed by atoms with van der Waals surface area (Å²) in [5.41, 5.74) is 1.01. The molecule has 0 aliphatic carbocycles. The molecule has 7 heteroatoms. The quantitative estimate of drug-likeness (QED) is 0.671. The average Bonchev–Trinajstić information content (AvgIpc) is 2.61. The molecule has 0 bridgehead atoms. The minimum absolute atomic E-state index is 0.0533. The lowest BCUT2D eigenvalue weighted by molar-refractivity contribution is 0.0696. The molecule has 0 aliphatic heterocycles. The molecule has 1 atom stereocenters. The molecule has 0 heterocycles. The SMILES string of the molecule is CC[C@H](C)Oc1cccc(C(=O)NC(=S)Nc2cccc(C(=O)O)c2)c1.